The number of anilines is 1. The second-order valence-corrected chi connectivity index (χ2v) is 8.19. The van der Waals surface area contributed by atoms with Gasteiger partial charge in [0.1, 0.15) is 0 Å². The number of hydrogen-bond acceptors (Lipinski definition) is 7. The van der Waals surface area contributed by atoms with Gasteiger partial charge in [-0.25, -0.2) is 13.9 Å². The number of nitro benzene ring substituents is 1. The van der Waals surface area contributed by atoms with E-state index in [1.165, 1.54) is 60.9 Å². The quantitative estimate of drug-likeness (QED) is 0.306. The first-order chi connectivity index (χ1) is 14.1. The van der Waals surface area contributed by atoms with E-state index in [9.17, 15) is 28.1 Å². The predicted molar refractivity (Wildman–Crippen MR) is 106 cm³/mol. The lowest BCUT2D eigenvalue weighted by Crippen LogP contribution is -2.34. The summed E-state index contributed by atoms with van der Waals surface area (Å²) in [4.78, 5) is 32.7. The molecule has 2 rings (SSSR count). The molecule has 0 aliphatic heterocycles. The van der Waals surface area contributed by atoms with Gasteiger partial charge in [-0.2, -0.15) is 4.31 Å². The van der Waals surface area contributed by atoms with Crippen LogP contribution in [0.5, 0.6) is 0 Å². The molecule has 0 atom stereocenters. The highest BCUT2D eigenvalue weighted by molar-refractivity contribution is 7.89. The van der Waals surface area contributed by atoms with Gasteiger partial charge in [0.05, 0.1) is 9.82 Å². The molecule has 0 unspecified atom stereocenters. The molecule has 11 nitrogen and oxygen atoms in total. The number of nitrogens with one attached hydrogen (secondary N) is 2. The predicted octanol–water partition coefficient (Wildman–Crippen LogP) is 1.64. The molecule has 12 heteroatoms. The zero-order valence-electron chi connectivity index (χ0n) is 15.9. The highest BCUT2D eigenvalue weighted by Gasteiger charge is 2.25. The molecule has 0 aliphatic carbocycles. The second-order valence-electron chi connectivity index (χ2n) is 6.25. The molecule has 0 saturated carbocycles. The molecule has 0 heterocycles. The Labute approximate surface area is 172 Å². The van der Waals surface area contributed by atoms with Crippen molar-refractivity contribution in [2.24, 2.45) is 0 Å². The van der Waals surface area contributed by atoms with Crippen molar-refractivity contribution in [2.75, 3.05) is 11.9 Å². The fraction of sp³-hybridized carbons (Fsp3) is 0.222. The summed E-state index contributed by atoms with van der Waals surface area (Å²) in [5.74, 6) is -1.07. The number of carbonyl (C=O) groups is 2. The number of hydrogen-bond donors (Lipinski definition) is 3. The van der Waals surface area contributed by atoms with Crippen LogP contribution in [0, 0.1) is 10.1 Å². The van der Waals surface area contributed by atoms with Gasteiger partial charge < -0.3 is 5.32 Å². The third-order valence-corrected chi connectivity index (χ3v) is 5.89. The smallest absolute Gasteiger partial charge is 0.269 e. The highest BCUT2D eigenvalue weighted by Crippen LogP contribution is 2.22. The molecule has 2 aromatic carbocycles. The zero-order chi connectivity index (χ0) is 22.3. The fourth-order valence-electron chi connectivity index (χ4n) is 2.56. The largest absolute Gasteiger partial charge is 0.326 e. The van der Waals surface area contributed by atoms with Crippen molar-refractivity contribution in [3.63, 3.8) is 0 Å². The van der Waals surface area contributed by atoms with E-state index in [1.54, 1.807) is 0 Å². The summed E-state index contributed by atoms with van der Waals surface area (Å²) in [5.41, 5.74) is 2.20. The Bertz CT molecular complexity index is 1020. The van der Waals surface area contributed by atoms with Gasteiger partial charge in [-0.15, -0.1) is 0 Å². The van der Waals surface area contributed by atoms with Gasteiger partial charge in [0.25, 0.3) is 5.69 Å². The number of nitrogens with zero attached hydrogens (tertiary/aromatic N) is 2. The van der Waals surface area contributed by atoms with E-state index in [4.69, 9.17) is 5.21 Å². The summed E-state index contributed by atoms with van der Waals surface area (Å²) in [7, 11) is -4.05. The maximum absolute atomic E-state index is 13.1. The molecule has 160 valence electrons. The molecule has 0 bridgehead atoms. The number of nitro groups is 1. The van der Waals surface area contributed by atoms with Crippen molar-refractivity contribution in [1.29, 1.82) is 0 Å². The molecule has 0 radical (unpaired) electrons. The minimum Gasteiger partial charge on any atom is -0.326 e. The van der Waals surface area contributed by atoms with Crippen LogP contribution >= 0.6 is 0 Å². The molecular weight excluding hydrogens is 416 g/mol. The number of hydroxylamine groups is 1. The monoisotopic (exact) mass is 436 g/mol. The molecule has 0 aliphatic rings. The first-order valence-electron chi connectivity index (χ1n) is 8.67. The normalized spacial score (nSPS) is 11.2. The average Bonchev–Trinajstić information content (AvgIpc) is 2.71. The molecule has 0 saturated heterocycles. The molecule has 2 aromatic rings. The molecule has 0 fully saturated rings. The van der Waals surface area contributed by atoms with Gasteiger partial charge in [-0.05, 0) is 29.8 Å². The van der Waals surface area contributed by atoms with Gasteiger partial charge >= 0.3 is 0 Å². The Hall–Kier alpha value is -3.35. The Balaban J connectivity index is 2.30. The summed E-state index contributed by atoms with van der Waals surface area (Å²) in [6.07, 6.45) is -0.299. The van der Waals surface area contributed by atoms with Crippen LogP contribution in [-0.4, -0.2) is 41.2 Å². The van der Waals surface area contributed by atoms with Gasteiger partial charge in [-0.1, -0.05) is 12.1 Å². The molecule has 0 aromatic heterocycles. The van der Waals surface area contributed by atoms with E-state index in [-0.39, 0.29) is 36.0 Å². The van der Waals surface area contributed by atoms with Crippen molar-refractivity contribution in [2.45, 2.75) is 24.8 Å². The molecule has 0 spiro atoms. The van der Waals surface area contributed by atoms with Crippen molar-refractivity contribution < 1.29 is 28.1 Å². The third-order valence-electron chi connectivity index (χ3n) is 4.03. The summed E-state index contributed by atoms with van der Waals surface area (Å²) >= 11 is 0. The van der Waals surface area contributed by atoms with Gasteiger partial charge in [0.2, 0.25) is 21.8 Å². The fourth-order valence-corrected chi connectivity index (χ4v) is 3.98. The summed E-state index contributed by atoms with van der Waals surface area (Å²) in [6, 6.07) is 10.8. The van der Waals surface area contributed by atoms with Crippen molar-refractivity contribution in [3.05, 3.63) is 64.2 Å². The SMILES string of the molecule is CC(=O)Nc1ccc(S(=O)(=O)N(CCC(=O)NO)Cc2ccc([N+](=O)[O-])cc2)cc1. The number of non-ortho nitro benzene ring substituents is 1. The highest BCUT2D eigenvalue weighted by atomic mass is 32.2. The maximum atomic E-state index is 13.1. The summed E-state index contributed by atoms with van der Waals surface area (Å²) in [6.45, 7) is 0.939. The van der Waals surface area contributed by atoms with Crippen LogP contribution in [0.2, 0.25) is 0 Å². The first-order valence-corrected chi connectivity index (χ1v) is 10.1. The Kier molecular flexibility index (Phi) is 7.58. The Morgan fingerprint density at radius 3 is 2.20 bits per heavy atom. The molecule has 2 amide bonds. The van der Waals surface area contributed by atoms with E-state index in [2.05, 4.69) is 5.32 Å². The van der Waals surface area contributed by atoms with E-state index in [1.807, 2.05) is 0 Å². The van der Waals surface area contributed by atoms with Crippen LogP contribution in [0.1, 0.15) is 18.9 Å². The van der Waals surface area contributed by atoms with Crippen LogP contribution < -0.4 is 10.8 Å². The average molecular weight is 436 g/mol. The summed E-state index contributed by atoms with van der Waals surface area (Å²) in [5, 5.41) is 22.0. The minimum absolute atomic E-state index is 0.0667. The third kappa shape index (κ3) is 6.07. The lowest BCUT2D eigenvalue weighted by atomic mass is 10.2. The number of amides is 2. The standard InChI is InChI=1S/C18H20N4O7S/c1-13(23)19-15-4-8-17(9-5-15)30(28,29)21(11-10-18(24)20-25)12-14-2-6-16(7-3-14)22(26)27/h2-9,25H,10-12H2,1H3,(H,19,23)(H,20,24). The van der Waals surface area contributed by atoms with Crippen LogP contribution in [0.3, 0.4) is 0 Å². The number of rotatable bonds is 9. The molecular formula is C18H20N4O7S. The lowest BCUT2D eigenvalue weighted by molar-refractivity contribution is -0.384. The van der Waals surface area contributed by atoms with Gasteiger partial charge in [0.15, 0.2) is 0 Å². The topological polar surface area (TPSA) is 159 Å². The molecule has 3 N–H and O–H groups in total. The van der Waals surface area contributed by atoms with E-state index in [0.29, 0.717) is 11.3 Å². The maximum Gasteiger partial charge on any atom is 0.269 e. The number of carbonyl (C=O) groups excluding carboxylic acids is 2. The lowest BCUT2D eigenvalue weighted by Gasteiger charge is -2.22. The van der Waals surface area contributed by atoms with E-state index < -0.39 is 20.9 Å². The Morgan fingerprint density at radius 1 is 1.10 bits per heavy atom. The van der Waals surface area contributed by atoms with Gasteiger partial charge in [0, 0.05) is 44.3 Å². The first kappa shape index (κ1) is 22.9. The van der Waals surface area contributed by atoms with E-state index >= 15 is 0 Å². The zero-order valence-corrected chi connectivity index (χ0v) is 16.8. The van der Waals surface area contributed by atoms with Crippen molar-refractivity contribution in [1.82, 2.24) is 9.79 Å². The van der Waals surface area contributed by atoms with Gasteiger partial charge in [-0.3, -0.25) is 24.9 Å². The van der Waals surface area contributed by atoms with Crippen LogP contribution in [0.25, 0.3) is 0 Å². The van der Waals surface area contributed by atoms with Crippen LogP contribution in [0.15, 0.2) is 53.4 Å². The molecule has 30 heavy (non-hydrogen) atoms. The van der Waals surface area contributed by atoms with Crippen molar-refractivity contribution >= 4 is 33.2 Å². The van der Waals surface area contributed by atoms with E-state index in [0.717, 1.165) is 4.31 Å². The summed E-state index contributed by atoms with van der Waals surface area (Å²) < 4.78 is 27.2. The van der Waals surface area contributed by atoms with Crippen LogP contribution in [0.4, 0.5) is 11.4 Å². The van der Waals surface area contributed by atoms with Crippen LogP contribution in [-0.2, 0) is 26.2 Å². The second kappa shape index (κ2) is 9.91. The number of benzene rings is 2. The number of sulfonamides is 1. The minimum atomic E-state index is -4.05. The van der Waals surface area contributed by atoms with Crippen molar-refractivity contribution in [3.8, 4) is 0 Å². The Morgan fingerprint density at radius 2 is 1.70 bits per heavy atom.